The summed E-state index contributed by atoms with van der Waals surface area (Å²) in [6.45, 7) is 3.36. The van der Waals surface area contributed by atoms with Gasteiger partial charge in [-0.05, 0) is 38.0 Å². The fourth-order valence-electron chi connectivity index (χ4n) is 3.14. The maximum Gasteiger partial charge on any atom is 0.177 e. The van der Waals surface area contributed by atoms with Gasteiger partial charge in [0.15, 0.2) is 17.3 Å². The molecule has 6 heteroatoms. The van der Waals surface area contributed by atoms with E-state index in [1.807, 2.05) is 0 Å². The minimum Gasteiger partial charge on any atom is -0.507 e. The second-order valence-electron chi connectivity index (χ2n) is 6.23. The van der Waals surface area contributed by atoms with Gasteiger partial charge in [0.05, 0.1) is 19.6 Å². The fourth-order valence-corrected chi connectivity index (χ4v) is 3.14. The third-order valence-corrected chi connectivity index (χ3v) is 4.64. The lowest BCUT2D eigenvalue weighted by Gasteiger charge is -2.27. The van der Waals surface area contributed by atoms with Crippen molar-refractivity contribution in [1.82, 2.24) is 0 Å². The van der Waals surface area contributed by atoms with Crippen molar-refractivity contribution >= 4 is 5.78 Å². The van der Waals surface area contributed by atoms with Gasteiger partial charge in [-0.3, -0.25) is 4.79 Å². The van der Waals surface area contributed by atoms with Gasteiger partial charge in [0.2, 0.25) is 0 Å². The molecule has 132 valence electrons. The average Bonchev–Trinajstić information content (AvgIpc) is 2.61. The molecule has 0 bridgehead atoms. The second-order valence-corrected chi connectivity index (χ2v) is 6.23. The van der Waals surface area contributed by atoms with E-state index >= 15 is 0 Å². The van der Waals surface area contributed by atoms with Gasteiger partial charge in [0.25, 0.3) is 0 Å². The molecule has 0 saturated carbocycles. The number of benzene rings is 2. The topological polar surface area (TPSA) is 96.2 Å². The van der Waals surface area contributed by atoms with Crippen molar-refractivity contribution in [3.63, 3.8) is 0 Å². The first-order chi connectivity index (χ1) is 11.8. The normalized spacial score (nSPS) is 16.3. The van der Waals surface area contributed by atoms with Gasteiger partial charge >= 0.3 is 0 Å². The lowest BCUT2D eigenvalue weighted by Crippen LogP contribution is -2.30. The molecule has 1 atom stereocenters. The van der Waals surface area contributed by atoms with E-state index in [-0.39, 0.29) is 46.5 Å². The van der Waals surface area contributed by atoms with E-state index in [9.17, 15) is 20.1 Å². The molecular formula is C19H20O6. The summed E-state index contributed by atoms with van der Waals surface area (Å²) < 4.78 is 10.8. The molecule has 2 aromatic carbocycles. The Morgan fingerprint density at radius 1 is 1.16 bits per heavy atom. The Balaban J connectivity index is 1.95. The van der Waals surface area contributed by atoms with E-state index in [1.54, 1.807) is 26.0 Å². The van der Waals surface area contributed by atoms with Gasteiger partial charge in [-0.1, -0.05) is 6.07 Å². The Morgan fingerprint density at radius 3 is 2.56 bits per heavy atom. The molecule has 0 radical (unpaired) electrons. The minimum atomic E-state index is -0.476. The number of ketones is 1. The Morgan fingerprint density at radius 2 is 1.88 bits per heavy atom. The molecule has 0 amide bonds. The number of hydrogen-bond donors (Lipinski definition) is 3. The Bertz CT molecular complexity index is 856. The standard InChI is InChI=1S/C19H20O6/c1-9-16(21)10(2)19-15(17(9)22)18(23)12(8-25-19)6-11-4-5-13(20)14(7-11)24-3/h4-5,7,12,20-22H,6,8H2,1-3H3. The number of carbonyl (C=O) groups excluding carboxylic acids is 1. The van der Waals surface area contributed by atoms with Crippen LogP contribution in [0.1, 0.15) is 27.0 Å². The van der Waals surface area contributed by atoms with Gasteiger partial charge in [-0.15, -0.1) is 0 Å². The van der Waals surface area contributed by atoms with E-state index in [4.69, 9.17) is 9.47 Å². The van der Waals surface area contributed by atoms with Crippen LogP contribution in [0, 0.1) is 19.8 Å². The van der Waals surface area contributed by atoms with Crippen LogP contribution < -0.4 is 9.47 Å². The van der Waals surface area contributed by atoms with Gasteiger partial charge in [0, 0.05) is 11.1 Å². The molecule has 0 spiro atoms. The number of fused-ring (bicyclic) bond motifs is 1. The number of carbonyl (C=O) groups is 1. The monoisotopic (exact) mass is 344 g/mol. The van der Waals surface area contributed by atoms with Crippen LogP contribution in [-0.4, -0.2) is 34.8 Å². The highest BCUT2D eigenvalue weighted by Gasteiger charge is 2.35. The first-order valence-corrected chi connectivity index (χ1v) is 7.93. The molecular weight excluding hydrogens is 324 g/mol. The van der Waals surface area contributed by atoms with Crippen molar-refractivity contribution in [2.75, 3.05) is 13.7 Å². The quantitative estimate of drug-likeness (QED) is 0.792. The second kappa shape index (κ2) is 6.20. The summed E-state index contributed by atoms with van der Waals surface area (Å²) in [5, 5.41) is 30.0. The molecule has 3 rings (SSSR count). The molecule has 1 aliphatic rings. The van der Waals surface area contributed by atoms with Crippen molar-refractivity contribution in [2.45, 2.75) is 20.3 Å². The zero-order valence-corrected chi connectivity index (χ0v) is 14.3. The summed E-state index contributed by atoms with van der Waals surface area (Å²) in [5.41, 5.74) is 1.64. The van der Waals surface area contributed by atoms with Gasteiger partial charge in [-0.25, -0.2) is 0 Å². The zero-order chi connectivity index (χ0) is 18.3. The highest BCUT2D eigenvalue weighted by molar-refractivity contribution is 6.05. The van der Waals surface area contributed by atoms with E-state index < -0.39 is 5.92 Å². The van der Waals surface area contributed by atoms with Crippen molar-refractivity contribution < 1.29 is 29.6 Å². The number of phenols is 3. The van der Waals surface area contributed by atoms with E-state index in [0.29, 0.717) is 17.7 Å². The molecule has 3 N–H and O–H groups in total. The molecule has 0 saturated heterocycles. The van der Waals surface area contributed by atoms with E-state index in [1.165, 1.54) is 13.2 Å². The fraction of sp³-hybridized carbons (Fsp3) is 0.316. The van der Waals surface area contributed by atoms with Crippen LogP contribution in [0.4, 0.5) is 0 Å². The van der Waals surface area contributed by atoms with Crippen molar-refractivity contribution in [1.29, 1.82) is 0 Å². The van der Waals surface area contributed by atoms with Crippen LogP contribution in [0.2, 0.25) is 0 Å². The smallest absolute Gasteiger partial charge is 0.177 e. The molecule has 0 aromatic heterocycles. The van der Waals surface area contributed by atoms with Gasteiger partial charge in [-0.2, -0.15) is 0 Å². The number of phenolic OH excluding ortho intramolecular Hbond substituents is 3. The SMILES string of the molecule is COc1cc(CC2COc3c(C)c(O)c(C)c(O)c3C2=O)ccc1O. The largest absolute Gasteiger partial charge is 0.507 e. The predicted molar refractivity (Wildman–Crippen MR) is 90.9 cm³/mol. The number of aromatic hydroxyl groups is 3. The molecule has 1 heterocycles. The summed E-state index contributed by atoms with van der Waals surface area (Å²) in [6, 6.07) is 4.90. The van der Waals surface area contributed by atoms with Crippen LogP contribution >= 0.6 is 0 Å². The Kier molecular flexibility index (Phi) is 4.20. The van der Waals surface area contributed by atoms with Crippen molar-refractivity contribution in [2.24, 2.45) is 5.92 Å². The zero-order valence-electron chi connectivity index (χ0n) is 14.3. The van der Waals surface area contributed by atoms with E-state index in [2.05, 4.69) is 0 Å². The molecule has 0 fully saturated rings. The summed E-state index contributed by atoms with van der Waals surface area (Å²) in [7, 11) is 1.46. The summed E-state index contributed by atoms with van der Waals surface area (Å²) >= 11 is 0. The number of hydrogen-bond acceptors (Lipinski definition) is 6. The lowest BCUT2D eigenvalue weighted by molar-refractivity contribution is 0.0824. The van der Waals surface area contributed by atoms with Crippen LogP contribution in [0.25, 0.3) is 0 Å². The maximum absolute atomic E-state index is 12.9. The maximum atomic E-state index is 12.9. The summed E-state index contributed by atoms with van der Waals surface area (Å²) in [5.74, 6) is -0.399. The Labute approximate surface area is 145 Å². The van der Waals surface area contributed by atoms with Gasteiger partial charge < -0.3 is 24.8 Å². The average molecular weight is 344 g/mol. The predicted octanol–water partition coefficient (Wildman–Crippen LogP) is 2.86. The van der Waals surface area contributed by atoms with Crippen LogP contribution in [0.3, 0.4) is 0 Å². The highest BCUT2D eigenvalue weighted by atomic mass is 16.5. The van der Waals surface area contributed by atoms with E-state index in [0.717, 1.165) is 5.56 Å². The molecule has 1 aliphatic heterocycles. The van der Waals surface area contributed by atoms with Crippen LogP contribution in [0.15, 0.2) is 18.2 Å². The molecule has 2 aromatic rings. The number of ether oxygens (including phenoxy) is 2. The summed E-state index contributed by atoms with van der Waals surface area (Å²) in [4.78, 5) is 12.9. The highest BCUT2D eigenvalue weighted by Crippen LogP contribution is 2.45. The lowest BCUT2D eigenvalue weighted by atomic mass is 9.87. The van der Waals surface area contributed by atoms with Crippen LogP contribution in [-0.2, 0) is 6.42 Å². The van der Waals surface area contributed by atoms with Gasteiger partial charge in [0.1, 0.15) is 22.8 Å². The summed E-state index contributed by atoms with van der Waals surface area (Å²) in [6.07, 6.45) is 0.382. The molecule has 6 nitrogen and oxygen atoms in total. The first kappa shape index (κ1) is 17.0. The third-order valence-electron chi connectivity index (χ3n) is 4.64. The molecule has 0 aliphatic carbocycles. The first-order valence-electron chi connectivity index (χ1n) is 7.93. The molecule has 25 heavy (non-hydrogen) atoms. The van der Waals surface area contributed by atoms with Crippen molar-refractivity contribution in [3.05, 3.63) is 40.5 Å². The Hall–Kier alpha value is -2.89. The number of methoxy groups -OCH3 is 1. The van der Waals surface area contributed by atoms with Crippen LogP contribution in [0.5, 0.6) is 28.7 Å². The van der Waals surface area contributed by atoms with Crippen molar-refractivity contribution in [3.8, 4) is 28.7 Å². The number of Topliss-reactive ketones (excluding diaryl/α,β-unsaturated/α-hetero) is 1. The number of rotatable bonds is 3. The third kappa shape index (κ3) is 2.73. The minimum absolute atomic E-state index is 0.0298. The molecule has 1 unspecified atom stereocenters.